The molecule has 2 aromatic rings. The fraction of sp³-hybridized carbons (Fsp3) is 0.333. The van der Waals surface area contributed by atoms with E-state index in [0.717, 1.165) is 29.8 Å². The summed E-state index contributed by atoms with van der Waals surface area (Å²) >= 11 is 0. The van der Waals surface area contributed by atoms with E-state index in [4.69, 9.17) is 9.73 Å². The fourth-order valence-corrected chi connectivity index (χ4v) is 3.57. The van der Waals surface area contributed by atoms with E-state index >= 15 is 0 Å². The van der Waals surface area contributed by atoms with E-state index < -0.39 is 0 Å². The Bertz CT molecular complexity index is 866. The van der Waals surface area contributed by atoms with Crippen molar-refractivity contribution in [3.05, 3.63) is 71.5 Å². The molecule has 0 unspecified atom stereocenters. The molecular formula is C24H27NO3. The Morgan fingerprint density at radius 2 is 1.82 bits per heavy atom. The van der Waals surface area contributed by atoms with Gasteiger partial charge in [-0.05, 0) is 48.6 Å². The van der Waals surface area contributed by atoms with E-state index in [-0.39, 0.29) is 17.5 Å². The molecule has 146 valence electrons. The van der Waals surface area contributed by atoms with Crippen molar-refractivity contribution in [3.8, 4) is 5.75 Å². The third-order valence-electron chi connectivity index (χ3n) is 5.10. The number of rotatable bonds is 6. The first-order chi connectivity index (χ1) is 13.6. The summed E-state index contributed by atoms with van der Waals surface area (Å²) in [6, 6.07) is 17.5. The van der Waals surface area contributed by atoms with Crippen molar-refractivity contribution >= 4 is 17.2 Å². The summed E-state index contributed by atoms with van der Waals surface area (Å²) in [5, 5.41) is 10.6. The molecule has 1 aliphatic carbocycles. The van der Waals surface area contributed by atoms with Crippen LogP contribution in [0.3, 0.4) is 0 Å². The van der Waals surface area contributed by atoms with Crippen LogP contribution in [0.25, 0.3) is 0 Å². The zero-order chi connectivity index (χ0) is 19.9. The zero-order valence-electron chi connectivity index (χ0n) is 16.5. The molecular weight excluding hydrogens is 350 g/mol. The molecule has 2 aromatic carbocycles. The van der Waals surface area contributed by atoms with Crippen LogP contribution in [-0.2, 0) is 4.79 Å². The number of hydrogen-bond donors (Lipinski definition) is 1. The van der Waals surface area contributed by atoms with Gasteiger partial charge in [-0.15, -0.1) is 0 Å². The standard InChI is InChI=1S/C24H27NO3/c1-3-4-10-22(26)24-21(25-19-11-13-20(28-2)14-12-19)15-18(16-23(24)27)17-8-6-5-7-9-17/h5-9,11-14,18,26H,3-4,10,15-16H2,1-2H3/b24-22+,25-21?/t18-/m0/s1. The highest BCUT2D eigenvalue weighted by atomic mass is 16.5. The van der Waals surface area contributed by atoms with Crippen molar-refractivity contribution in [2.24, 2.45) is 4.99 Å². The highest BCUT2D eigenvalue weighted by Crippen LogP contribution is 2.35. The predicted molar refractivity (Wildman–Crippen MR) is 113 cm³/mol. The first kappa shape index (κ1) is 19.9. The number of benzene rings is 2. The molecule has 0 aliphatic heterocycles. The van der Waals surface area contributed by atoms with Crippen LogP contribution in [0.5, 0.6) is 5.75 Å². The van der Waals surface area contributed by atoms with E-state index in [1.807, 2.05) is 42.5 Å². The number of aliphatic imine (C=N–C) groups is 1. The maximum Gasteiger partial charge on any atom is 0.168 e. The molecule has 0 saturated heterocycles. The van der Waals surface area contributed by atoms with Gasteiger partial charge in [-0.3, -0.25) is 9.79 Å². The number of aliphatic hydroxyl groups excluding tert-OH is 1. The van der Waals surface area contributed by atoms with Gasteiger partial charge in [0.2, 0.25) is 0 Å². The summed E-state index contributed by atoms with van der Waals surface area (Å²) in [5.74, 6) is 0.979. The second kappa shape index (κ2) is 9.36. The van der Waals surface area contributed by atoms with Crippen molar-refractivity contribution in [3.63, 3.8) is 0 Å². The van der Waals surface area contributed by atoms with Crippen LogP contribution in [0.1, 0.15) is 50.5 Å². The fourth-order valence-electron chi connectivity index (χ4n) is 3.57. The molecule has 0 radical (unpaired) electrons. The van der Waals surface area contributed by atoms with Crippen LogP contribution in [0.4, 0.5) is 5.69 Å². The Morgan fingerprint density at radius 1 is 1.11 bits per heavy atom. The molecule has 0 aromatic heterocycles. The van der Waals surface area contributed by atoms with Gasteiger partial charge in [0.1, 0.15) is 11.5 Å². The lowest BCUT2D eigenvalue weighted by Gasteiger charge is -2.26. The van der Waals surface area contributed by atoms with Crippen molar-refractivity contribution in [1.29, 1.82) is 0 Å². The predicted octanol–water partition coefficient (Wildman–Crippen LogP) is 5.92. The van der Waals surface area contributed by atoms with Crippen LogP contribution >= 0.6 is 0 Å². The van der Waals surface area contributed by atoms with Crippen molar-refractivity contribution in [2.45, 2.75) is 44.9 Å². The number of carbonyl (C=O) groups is 1. The van der Waals surface area contributed by atoms with E-state index in [2.05, 4.69) is 19.1 Å². The quantitative estimate of drug-likeness (QED) is 0.502. The number of hydrogen-bond acceptors (Lipinski definition) is 4. The van der Waals surface area contributed by atoms with Crippen molar-refractivity contribution in [1.82, 2.24) is 0 Å². The topological polar surface area (TPSA) is 58.9 Å². The molecule has 28 heavy (non-hydrogen) atoms. The molecule has 0 spiro atoms. The van der Waals surface area contributed by atoms with Gasteiger partial charge in [-0.2, -0.15) is 0 Å². The summed E-state index contributed by atoms with van der Waals surface area (Å²) in [6.07, 6.45) is 3.35. The number of Topliss-reactive ketones (excluding diaryl/α,β-unsaturated/α-hetero) is 1. The van der Waals surface area contributed by atoms with E-state index in [1.54, 1.807) is 7.11 Å². The van der Waals surface area contributed by atoms with Gasteiger partial charge < -0.3 is 9.84 Å². The van der Waals surface area contributed by atoms with Gasteiger partial charge in [0.05, 0.1) is 24.1 Å². The molecule has 1 fully saturated rings. The van der Waals surface area contributed by atoms with Crippen molar-refractivity contribution in [2.75, 3.05) is 7.11 Å². The lowest BCUT2D eigenvalue weighted by Crippen LogP contribution is -2.26. The van der Waals surface area contributed by atoms with Gasteiger partial charge in [0, 0.05) is 12.8 Å². The number of methoxy groups -OCH3 is 1. The number of ketones is 1. The zero-order valence-corrected chi connectivity index (χ0v) is 16.5. The van der Waals surface area contributed by atoms with Crippen LogP contribution < -0.4 is 4.74 Å². The maximum absolute atomic E-state index is 13.0. The smallest absolute Gasteiger partial charge is 0.168 e. The average Bonchev–Trinajstić information content (AvgIpc) is 2.73. The first-order valence-corrected chi connectivity index (χ1v) is 9.84. The monoisotopic (exact) mass is 377 g/mol. The second-order valence-electron chi connectivity index (χ2n) is 7.12. The summed E-state index contributed by atoms with van der Waals surface area (Å²) in [6.45, 7) is 2.07. The molecule has 0 bridgehead atoms. The molecule has 1 aliphatic rings. The third-order valence-corrected chi connectivity index (χ3v) is 5.10. The second-order valence-corrected chi connectivity index (χ2v) is 7.12. The van der Waals surface area contributed by atoms with Gasteiger partial charge in [0.15, 0.2) is 5.78 Å². The Labute approximate surface area is 166 Å². The Hall–Kier alpha value is -2.88. The molecule has 4 nitrogen and oxygen atoms in total. The summed E-state index contributed by atoms with van der Waals surface area (Å²) in [7, 11) is 1.62. The minimum atomic E-state index is -0.0269. The minimum absolute atomic E-state index is 0.0269. The van der Waals surface area contributed by atoms with E-state index in [1.165, 1.54) is 0 Å². The van der Waals surface area contributed by atoms with Gasteiger partial charge in [-0.25, -0.2) is 0 Å². The first-order valence-electron chi connectivity index (χ1n) is 9.84. The molecule has 4 heteroatoms. The van der Waals surface area contributed by atoms with Gasteiger partial charge in [-0.1, -0.05) is 43.7 Å². The normalized spacial score (nSPS) is 20.3. The average molecular weight is 377 g/mol. The maximum atomic E-state index is 13.0. The number of ether oxygens (including phenoxy) is 1. The highest BCUT2D eigenvalue weighted by molar-refractivity contribution is 6.25. The molecule has 0 amide bonds. The summed E-state index contributed by atoms with van der Waals surface area (Å²) in [4.78, 5) is 17.7. The number of nitrogens with zero attached hydrogens (tertiary/aromatic N) is 1. The van der Waals surface area contributed by atoms with Crippen molar-refractivity contribution < 1.29 is 14.6 Å². The van der Waals surface area contributed by atoms with E-state index in [0.29, 0.717) is 30.5 Å². The molecule has 1 saturated carbocycles. The highest BCUT2D eigenvalue weighted by Gasteiger charge is 2.32. The van der Waals surface area contributed by atoms with Gasteiger partial charge in [0.25, 0.3) is 0 Å². The Morgan fingerprint density at radius 3 is 2.46 bits per heavy atom. The minimum Gasteiger partial charge on any atom is -0.511 e. The lowest BCUT2D eigenvalue weighted by molar-refractivity contribution is -0.115. The third kappa shape index (κ3) is 4.69. The molecule has 0 heterocycles. The number of aliphatic hydroxyl groups is 1. The number of allylic oxidation sites excluding steroid dienone is 2. The molecule has 3 rings (SSSR count). The molecule has 1 atom stereocenters. The Balaban J connectivity index is 1.99. The Kier molecular flexibility index (Phi) is 6.64. The van der Waals surface area contributed by atoms with Crippen LogP contribution in [0.15, 0.2) is 70.9 Å². The van der Waals surface area contributed by atoms with E-state index in [9.17, 15) is 9.90 Å². The molecule has 1 N–H and O–H groups in total. The summed E-state index contributed by atoms with van der Waals surface area (Å²) < 4.78 is 5.20. The number of carbonyl (C=O) groups excluding carboxylic acids is 1. The largest absolute Gasteiger partial charge is 0.511 e. The van der Waals surface area contributed by atoms with Crippen LogP contribution in [-0.4, -0.2) is 23.7 Å². The SMILES string of the molecule is CCCC/C(O)=C1\C(=O)C[C@@H](c2ccccc2)CC1=Nc1ccc(OC)cc1. The van der Waals surface area contributed by atoms with Crippen LogP contribution in [0.2, 0.25) is 0 Å². The van der Waals surface area contributed by atoms with Crippen LogP contribution in [0, 0.1) is 0 Å². The summed E-state index contributed by atoms with van der Waals surface area (Å²) in [5.41, 5.74) is 2.96. The number of unbranched alkanes of at least 4 members (excludes halogenated alkanes) is 1. The van der Waals surface area contributed by atoms with Gasteiger partial charge >= 0.3 is 0 Å². The lowest BCUT2D eigenvalue weighted by atomic mass is 9.78.